The fraction of sp³-hybridized carbons (Fsp3) is 0.400. The summed E-state index contributed by atoms with van der Waals surface area (Å²) in [6.45, 7) is 8.43. The molecule has 0 aliphatic heterocycles. The average molecular weight is 278 g/mol. The van der Waals surface area contributed by atoms with Crippen LogP contribution in [0.25, 0.3) is 0 Å². The van der Waals surface area contributed by atoms with Gasteiger partial charge in [0.05, 0.1) is 5.69 Å². The molecular formula is C15H19FN2O2. The molecule has 0 saturated carbocycles. The van der Waals surface area contributed by atoms with Crippen LogP contribution in [0.1, 0.15) is 32.0 Å². The first-order valence-electron chi connectivity index (χ1n) is 6.47. The van der Waals surface area contributed by atoms with Crippen LogP contribution in [0, 0.1) is 12.7 Å². The Kier molecular flexibility index (Phi) is 4.09. The van der Waals surface area contributed by atoms with Crippen molar-refractivity contribution in [2.45, 2.75) is 39.8 Å². The lowest BCUT2D eigenvalue weighted by molar-refractivity contribution is 0.317. The Hall–Kier alpha value is -1.88. The fourth-order valence-electron chi connectivity index (χ4n) is 1.57. The SMILES string of the molecule is Cc1cccc(Oc2nc(CNC(C)(C)C)co2)c1F. The van der Waals surface area contributed by atoms with Crippen molar-refractivity contribution in [3.8, 4) is 11.8 Å². The zero-order chi connectivity index (χ0) is 14.8. The normalized spacial score (nSPS) is 11.7. The number of nitrogens with one attached hydrogen (secondary N) is 1. The molecule has 108 valence electrons. The minimum Gasteiger partial charge on any atom is -0.417 e. The zero-order valence-corrected chi connectivity index (χ0v) is 12.2. The molecule has 0 atom stereocenters. The van der Waals surface area contributed by atoms with Crippen molar-refractivity contribution >= 4 is 0 Å². The molecule has 0 fully saturated rings. The van der Waals surface area contributed by atoms with E-state index in [1.807, 2.05) is 0 Å². The van der Waals surface area contributed by atoms with E-state index < -0.39 is 5.82 Å². The maximum atomic E-state index is 13.8. The van der Waals surface area contributed by atoms with Gasteiger partial charge in [0.25, 0.3) is 0 Å². The highest BCUT2D eigenvalue weighted by Gasteiger charge is 2.13. The van der Waals surface area contributed by atoms with E-state index in [9.17, 15) is 4.39 Å². The van der Waals surface area contributed by atoms with Gasteiger partial charge in [0, 0.05) is 12.1 Å². The summed E-state index contributed by atoms with van der Waals surface area (Å²) in [7, 11) is 0. The molecule has 0 bridgehead atoms. The second-order valence-electron chi connectivity index (χ2n) is 5.70. The molecule has 1 heterocycles. The highest BCUT2D eigenvalue weighted by atomic mass is 19.1. The van der Waals surface area contributed by atoms with Crippen LogP contribution < -0.4 is 10.1 Å². The van der Waals surface area contributed by atoms with Crippen molar-refractivity contribution < 1.29 is 13.5 Å². The number of benzene rings is 1. The van der Waals surface area contributed by atoms with Crippen LogP contribution in [0.5, 0.6) is 11.8 Å². The van der Waals surface area contributed by atoms with Crippen molar-refractivity contribution in [3.05, 3.63) is 41.5 Å². The third-order valence-electron chi connectivity index (χ3n) is 2.68. The molecule has 5 heteroatoms. The molecular weight excluding hydrogens is 259 g/mol. The van der Waals surface area contributed by atoms with Gasteiger partial charge in [-0.05, 0) is 39.3 Å². The Balaban J connectivity index is 2.04. The maximum absolute atomic E-state index is 13.8. The lowest BCUT2D eigenvalue weighted by atomic mass is 10.1. The molecule has 1 N–H and O–H groups in total. The molecule has 2 rings (SSSR count). The summed E-state index contributed by atoms with van der Waals surface area (Å²) < 4.78 is 24.3. The van der Waals surface area contributed by atoms with E-state index in [-0.39, 0.29) is 17.4 Å². The monoisotopic (exact) mass is 278 g/mol. The fourth-order valence-corrected chi connectivity index (χ4v) is 1.57. The number of aryl methyl sites for hydroxylation is 1. The summed E-state index contributed by atoms with van der Waals surface area (Å²) in [5, 5.41) is 3.28. The molecule has 0 radical (unpaired) electrons. The first kappa shape index (κ1) is 14.5. The summed E-state index contributed by atoms with van der Waals surface area (Å²) >= 11 is 0. The zero-order valence-electron chi connectivity index (χ0n) is 12.2. The minimum absolute atomic E-state index is 0.0113. The summed E-state index contributed by atoms with van der Waals surface area (Å²) in [5.41, 5.74) is 1.22. The van der Waals surface area contributed by atoms with E-state index in [2.05, 4.69) is 31.1 Å². The van der Waals surface area contributed by atoms with Crippen molar-refractivity contribution in [1.82, 2.24) is 10.3 Å². The van der Waals surface area contributed by atoms with E-state index in [4.69, 9.17) is 9.15 Å². The average Bonchev–Trinajstić information content (AvgIpc) is 2.80. The summed E-state index contributed by atoms with van der Waals surface area (Å²) in [5.74, 6) is -0.290. The third-order valence-corrected chi connectivity index (χ3v) is 2.68. The highest BCUT2D eigenvalue weighted by Crippen LogP contribution is 2.25. The maximum Gasteiger partial charge on any atom is 0.399 e. The molecule has 2 aromatic rings. The van der Waals surface area contributed by atoms with Gasteiger partial charge < -0.3 is 14.5 Å². The van der Waals surface area contributed by atoms with Crippen molar-refractivity contribution in [2.24, 2.45) is 0 Å². The van der Waals surface area contributed by atoms with Gasteiger partial charge in [-0.2, -0.15) is 4.98 Å². The van der Waals surface area contributed by atoms with Gasteiger partial charge in [-0.3, -0.25) is 0 Å². The van der Waals surface area contributed by atoms with Gasteiger partial charge in [-0.15, -0.1) is 0 Å². The van der Waals surface area contributed by atoms with Crippen molar-refractivity contribution in [1.29, 1.82) is 0 Å². The van der Waals surface area contributed by atoms with Crippen LogP contribution in [0.4, 0.5) is 4.39 Å². The van der Waals surface area contributed by atoms with Gasteiger partial charge >= 0.3 is 6.08 Å². The van der Waals surface area contributed by atoms with Gasteiger partial charge in [0.2, 0.25) is 0 Å². The number of hydrogen-bond donors (Lipinski definition) is 1. The standard InChI is InChI=1S/C15H19FN2O2/c1-10-6-5-7-12(13(10)16)20-14-18-11(9-19-14)8-17-15(2,3)4/h5-7,9,17H,8H2,1-4H3. The number of halogens is 1. The first-order chi connectivity index (χ1) is 9.35. The third kappa shape index (κ3) is 3.81. The summed E-state index contributed by atoms with van der Waals surface area (Å²) in [6.07, 6.45) is 1.54. The Labute approximate surface area is 118 Å². The molecule has 0 saturated heterocycles. The molecule has 0 aliphatic rings. The first-order valence-corrected chi connectivity index (χ1v) is 6.47. The Morgan fingerprint density at radius 1 is 1.35 bits per heavy atom. The van der Waals surface area contributed by atoms with Crippen LogP contribution in [0.15, 0.2) is 28.9 Å². The molecule has 1 aromatic heterocycles. The molecule has 1 aromatic carbocycles. The van der Waals surface area contributed by atoms with Crippen LogP contribution in [0.3, 0.4) is 0 Å². The summed E-state index contributed by atoms with van der Waals surface area (Å²) in [4.78, 5) is 4.16. The van der Waals surface area contributed by atoms with Crippen molar-refractivity contribution in [3.63, 3.8) is 0 Å². The van der Waals surface area contributed by atoms with Gasteiger partial charge in [0.15, 0.2) is 11.6 Å². The Morgan fingerprint density at radius 3 is 2.80 bits per heavy atom. The van der Waals surface area contributed by atoms with Crippen molar-refractivity contribution in [2.75, 3.05) is 0 Å². The highest BCUT2D eigenvalue weighted by molar-refractivity contribution is 5.31. The second kappa shape index (κ2) is 5.63. The number of nitrogens with zero attached hydrogens (tertiary/aromatic N) is 1. The molecule has 0 spiro atoms. The van der Waals surface area contributed by atoms with Crippen LogP contribution in [-0.2, 0) is 6.54 Å². The Bertz CT molecular complexity index is 588. The van der Waals surface area contributed by atoms with Gasteiger partial charge in [-0.1, -0.05) is 12.1 Å². The number of oxazole rings is 1. The quantitative estimate of drug-likeness (QED) is 0.924. The molecule has 0 aliphatic carbocycles. The van der Waals surface area contributed by atoms with Crippen LogP contribution in [0.2, 0.25) is 0 Å². The van der Waals surface area contributed by atoms with E-state index >= 15 is 0 Å². The van der Waals surface area contributed by atoms with E-state index in [1.54, 1.807) is 25.1 Å². The van der Waals surface area contributed by atoms with Crippen LogP contribution >= 0.6 is 0 Å². The largest absolute Gasteiger partial charge is 0.417 e. The lowest BCUT2D eigenvalue weighted by Crippen LogP contribution is -2.35. The lowest BCUT2D eigenvalue weighted by Gasteiger charge is -2.19. The Morgan fingerprint density at radius 2 is 2.10 bits per heavy atom. The second-order valence-corrected chi connectivity index (χ2v) is 5.70. The minimum atomic E-state index is -0.403. The van der Waals surface area contributed by atoms with Crippen LogP contribution in [-0.4, -0.2) is 10.5 Å². The van der Waals surface area contributed by atoms with E-state index in [1.165, 1.54) is 6.26 Å². The van der Waals surface area contributed by atoms with Gasteiger partial charge in [0.1, 0.15) is 6.26 Å². The van der Waals surface area contributed by atoms with E-state index in [0.717, 1.165) is 0 Å². The number of hydrogen-bond acceptors (Lipinski definition) is 4. The molecule has 0 amide bonds. The predicted molar refractivity (Wildman–Crippen MR) is 74.3 cm³/mol. The molecule has 20 heavy (non-hydrogen) atoms. The van der Waals surface area contributed by atoms with Gasteiger partial charge in [-0.25, -0.2) is 4.39 Å². The number of rotatable bonds is 4. The molecule has 4 nitrogen and oxygen atoms in total. The number of ether oxygens (including phenoxy) is 1. The summed E-state index contributed by atoms with van der Waals surface area (Å²) in [6, 6.07) is 4.94. The predicted octanol–water partition coefficient (Wildman–Crippen LogP) is 3.80. The smallest absolute Gasteiger partial charge is 0.399 e. The van der Waals surface area contributed by atoms with E-state index in [0.29, 0.717) is 17.8 Å². The molecule has 0 unspecified atom stereocenters. The topological polar surface area (TPSA) is 47.3 Å². The number of aromatic nitrogens is 1.